The summed E-state index contributed by atoms with van der Waals surface area (Å²) in [7, 11) is 1.68. The van der Waals surface area contributed by atoms with Gasteiger partial charge in [-0.1, -0.05) is 23.4 Å². The summed E-state index contributed by atoms with van der Waals surface area (Å²) in [6.45, 7) is 3.96. The van der Waals surface area contributed by atoms with Crippen LogP contribution in [0.1, 0.15) is 11.5 Å². The van der Waals surface area contributed by atoms with Gasteiger partial charge in [0, 0.05) is 16.0 Å². The molecule has 4 aromatic rings. The highest BCUT2D eigenvalue weighted by Gasteiger charge is 2.24. The van der Waals surface area contributed by atoms with E-state index in [1.807, 2.05) is 26.0 Å². The Labute approximate surface area is 156 Å². The van der Waals surface area contributed by atoms with Crippen molar-refractivity contribution in [2.24, 2.45) is 0 Å². The second kappa shape index (κ2) is 6.57. The van der Waals surface area contributed by atoms with Crippen molar-refractivity contribution < 1.29 is 9.26 Å². The molecule has 2 heterocycles. The molecule has 0 saturated carbocycles. The molecule has 0 atom stereocenters. The van der Waals surface area contributed by atoms with Crippen LogP contribution in [0.15, 0.2) is 57.9 Å². The summed E-state index contributed by atoms with van der Waals surface area (Å²) in [6, 6.07) is 16.6. The zero-order valence-corrected chi connectivity index (χ0v) is 16.1. The molecule has 0 aliphatic heterocycles. The minimum atomic E-state index is 0.829. The monoisotopic (exact) mass is 364 g/mol. The van der Waals surface area contributed by atoms with Gasteiger partial charge in [-0.25, -0.2) is 0 Å². The molecule has 2 aromatic heterocycles. The van der Waals surface area contributed by atoms with Crippen molar-refractivity contribution in [1.29, 1.82) is 0 Å². The highest BCUT2D eigenvalue weighted by atomic mass is 32.2. The lowest BCUT2D eigenvalue weighted by atomic mass is 10.1. The smallest absolute Gasteiger partial charge is 0.143 e. The average Bonchev–Trinajstić information content (AvgIpc) is 3.17. The van der Waals surface area contributed by atoms with Gasteiger partial charge in [-0.15, -0.1) is 11.8 Å². The predicted molar refractivity (Wildman–Crippen MR) is 107 cm³/mol. The van der Waals surface area contributed by atoms with Gasteiger partial charge in [0.1, 0.15) is 11.5 Å². The largest absolute Gasteiger partial charge is 0.497 e. The van der Waals surface area contributed by atoms with E-state index in [9.17, 15) is 0 Å². The molecular weight excluding hydrogens is 344 g/mol. The Bertz CT molecular complexity index is 1060. The summed E-state index contributed by atoms with van der Waals surface area (Å²) in [5.74, 6) is 1.67. The summed E-state index contributed by atoms with van der Waals surface area (Å²) in [5.41, 5.74) is 5.33. The summed E-state index contributed by atoms with van der Waals surface area (Å²) >= 11 is 1.75. The summed E-state index contributed by atoms with van der Waals surface area (Å²) in [4.78, 5) is 1.23. The van der Waals surface area contributed by atoms with Crippen LogP contribution in [-0.4, -0.2) is 23.1 Å². The zero-order chi connectivity index (χ0) is 18.3. The topological polar surface area (TPSA) is 40.2 Å². The number of hydrogen-bond donors (Lipinski definition) is 0. The second-order valence-corrected chi connectivity index (χ2v) is 6.95. The molecule has 4 rings (SSSR count). The predicted octanol–water partition coefficient (Wildman–Crippen LogP) is 5.63. The van der Waals surface area contributed by atoms with E-state index >= 15 is 0 Å². The molecule has 132 valence electrons. The highest BCUT2D eigenvalue weighted by molar-refractivity contribution is 7.99. The number of aromatic nitrogens is 2. The number of nitrogens with zero attached hydrogens (tertiary/aromatic N) is 2. The first kappa shape index (κ1) is 16.8. The maximum absolute atomic E-state index is 5.48. The van der Waals surface area contributed by atoms with Gasteiger partial charge in [0.25, 0.3) is 0 Å². The Morgan fingerprint density at radius 3 is 2.38 bits per heavy atom. The number of benzene rings is 2. The Morgan fingerprint density at radius 2 is 1.77 bits per heavy atom. The van der Waals surface area contributed by atoms with E-state index in [4.69, 9.17) is 9.26 Å². The van der Waals surface area contributed by atoms with E-state index in [2.05, 4.69) is 52.4 Å². The molecule has 0 saturated heterocycles. The van der Waals surface area contributed by atoms with Crippen LogP contribution in [-0.2, 0) is 0 Å². The van der Waals surface area contributed by atoms with Crippen molar-refractivity contribution >= 4 is 22.7 Å². The van der Waals surface area contributed by atoms with Crippen LogP contribution in [0.25, 0.3) is 27.8 Å². The molecule has 0 aliphatic carbocycles. The lowest BCUT2D eigenvalue weighted by Gasteiger charge is -2.12. The maximum Gasteiger partial charge on any atom is 0.143 e. The first-order valence-electron chi connectivity index (χ1n) is 8.40. The van der Waals surface area contributed by atoms with Gasteiger partial charge in [-0.3, -0.25) is 0 Å². The average molecular weight is 364 g/mol. The van der Waals surface area contributed by atoms with Crippen LogP contribution in [0, 0.1) is 13.8 Å². The lowest BCUT2D eigenvalue weighted by molar-refractivity contribution is 0.393. The molecule has 0 fully saturated rings. The number of aryl methyl sites for hydroxylation is 2. The number of hydrogen-bond acceptors (Lipinski definition) is 4. The van der Waals surface area contributed by atoms with E-state index < -0.39 is 0 Å². The van der Waals surface area contributed by atoms with E-state index in [1.165, 1.54) is 10.3 Å². The molecule has 0 bridgehead atoms. The molecular formula is C21H20N2O2S. The van der Waals surface area contributed by atoms with Crippen LogP contribution >= 0.6 is 11.8 Å². The van der Waals surface area contributed by atoms with Crippen molar-refractivity contribution in [1.82, 2.24) is 9.72 Å². The minimum Gasteiger partial charge on any atom is -0.497 e. The SMILES string of the molecule is COc1ccc(-n2c(-c3c(C)noc3C)c(SC)c3ccccc32)cc1. The Balaban J connectivity index is 2.12. The third-order valence-electron chi connectivity index (χ3n) is 4.63. The Hall–Kier alpha value is -2.66. The fourth-order valence-corrected chi connectivity index (χ4v) is 4.24. The number of ether oxygens (including phenoxy) is 1. The second-order valence-electron chi connectivity index (χ2n) is 6.13. The number of rotatable bonds is 4. The first-order chi connectivity index (χ1) is 12.7. The van der Waals surface area contributed by atoms with Crippen LogP contribution < -0.4 is 4.74 Å². The van der Waals surface area contributed by atoms with Gasteiger partial charge >= 0.3 is 0 Å². The van der Waals surface area contributed by atoms with E-state index in [1.54, 1.807) is 18.9 Å². The van der Waals surface area contributed by atoms with Gasteiger partial charge in [0.2, 0.25) is 0 Å². The van der Waals surface area contributed by atoms with Gasteiger partial charge in [-0.2, -0.15) is 0 Å². The molecule has 0 unspecified atom stereocenters. The van der Waals surface area contributed by atoms with Gasteiger partial charge in [0.05, 0.1) is 29.6 Å². The quantitative estimate of drug-likeness (QED) is 0.440. The summed E-state index contributed by atoms with van der Waals surface area (Å²) in [5, 5.41) is 5.41. The van der Waals surface area contributed by atoms with Crippen LogP contribution in [0.2, 0.25) is 0 Å². The van der Waals surface area contributed by atoms with Crippen molar-refractivity contribution in [3.63, 3.8) is 0 Å². The molecule has 4 nitrogen and oxygen atoms in total. The number of methoxy groups -OCH3 is 1. The molecule has 0 aliphatic rings. The third-order valence-corrected chi connectivity index (χ3v) is 5.45. The van der Waals surface area contributed by atoms with E-state index in [-0.39, 0.29) is 0 Å². The maximum atomic E-state index is 5.48. The number of fused-ring (bicyclic) bond motifs is 1. The van der Waals surface area contributed by atoms with E-state index in [0.29, 0.717) is 0 Å². The molecule has 0 radical (unpaired) electrons. The van der Waals surface area contributed by atoms with Gasteiger partial charge < -0.3 is 13.8 Å². The fraction of sp³-hybridized carbons (Fsp3) is 0.190. The van der Waals surface area contributed by atoms with Crippen molar-refractivity contribution in [3.8, 4) is 22.7 Å². The summed E-state index contributed by atoms with van der Waals surface area (Å²) < 4.78 is 13.1. The van der Waals surface area contributed by atoms with Gasteiger partial charge in [0.15, 0.2) is 0 Å². The van der Waals surface area contributed by atoms with Crippen molar-refractivity contribution in [3.05, 3.63) is 60.0 Å². The standard InChI is InChI=1S/C21H20N2O2S/c1-13-19(14(2)25-22-13)20-21(26-4)17-7-5-6-8-18(17)23(20)15-9-11-16(24-3)12-10-15/h5-12H,1-4H3. The Kier molecular flexibility index (Phi) is 4.24. The molecule has 26 heavy (non-hydrogen) atoms. The molecule has 0 spiro atoms. The third kappa shape index (κ3) is 2.51. The fourth-order valence-electron chi connectivity index (χ4n) is 3.46. The number of para-hydroxylation sites is 1. The lowest BCUT2D eigenvalue weighted by Crippen LogP contribution is -1.98. The van der Waals surface area contributed by atoms with Crippen LogP contribution in [0.4, 0.5) is 0 Å². The normalized spacial score (nSPS) is 11.2. The van der Waals surface area contributed by atoms with Crippen LogP contribution in [0.5, 0.6) is 5.75 Å². The molecule has 2 aromatic carbocycles. The van der Waals surface area contributed by atoms with E-state index in [0.717, 1.165) is 39.7 Å². The van der Waals surface area contributed by atoms with Gasteiger partial charge in [-0.05, 0) is 50.4 Å². The summed E-state index contributed by atoms with van der Waals surface area (Å²) in [6.07, 6.45) is 2.11. The zero-order valence-electron chi connectivity index (χ0n) is 15.2. The minimum absolute atomic E-state index is 0.829. The van der Waals surface area contributed by atoms with Crippen molar-refractivity contribution in [2.75, 3.05) is 13.4 Å². The Morgan fingerprint density at radius 1 is 1.04 bits per heavy atom. The highest BCUT2D eigenvalue weighted by Crippen LogP contribution is 2.43. The molecule has 5 heteroatoms. The van der Waals surface area contributed by atoms with Crippen LogP contribution in [0.3, 0.4) is 0 Å². The molecule has 0 amide bonds. The molecule has 0 N–H and O–H groups in total. The first-order valence-corrected chi connectivity index (χ1v) is 9.63. The number of thioether (sulfide) groups is 1. The van der Waals surface area contributed by atoms with Crippen molar-refractivity contribution in [2.45, 2.75) is 18.7 Å².